The van der Waals surface area contributed by atoms with Crippen molar-refractivity contribution in [3.8, 4) is 5.75 Å². The lowest BCUT2D eigenvalue weighted by Crippen LogP contribution is -2.37. The number of hydrogen-bond donors (Lipinski definition) is 1. The summed E-state index contributed by atoms with van der Waals surface area (Å²) in [7, 11) is -3.76. The number of aromatic nitrogens is 1. The lowest BCUT2D eigenvalue weighted by molar-refractivity contribution is 0.0381. The highest BCUT2D eigenvalue weighted by atomic mass is 127. The van der Waals surface area contributed by atoms with E-state index in [0.29, 0.717) is 48.4 Å². The van der Waals surface area contributed by atoms with Crippen LogP contribution in [0.2, 0.25) is 0 Å². The van der Waals surface area contributed by atoms with E-state index in [9.17, 15) is 22.7 Å². The highest BCUT2D eigenvalue weighted by Gasteiger charge is 2.38. The summed E-state index contributed by atoms with van der Waals surface area (Å²) in [6, 6.07) is 9.18. The molecule has 1 fully saturated rings. The Kier molecular flexibility index (Phi) is 7.52. The Balaban J connectivity index is 1.47. The van der Waals surface area contributed by atoms with Gasteiger partial charge < -0.3 is 14.7 Å². The molecule has 37 heavy (non-hydrogen) atoms. The molecule has 0 atom stereocenters. The molecule has 0 bridgehead atoms. The highest BCUT2D eigenvalue weighted by Crippen LogP contribution is 2.46. The first-order valence-electron chi connectivity index (χ1n) is 11.9. The molecule has 0 unspecified atom stereocenters. The van der Waals surface area contributed by atoms with Crippen LogP contribution in [0.5, 0.6) is 5.75 Å². The number of ether oxygens (including phenoxy) is 1. The number of sulfonamides is 1. The summed E-state index contributed by atoms with van der Waals surface area (Å²) in [4.78, 5) is 21.3. The van der Waals surface area contributed by atoms with Gasteiger partial charge in [0.1, 0.15) is 11.3 Å². The SMILES string of the molecule is O=C1c2c(c(N(I)S(=O)(=O)CCCN3CCOCC3)c3cccnc3c2O)CN1Cc1ccc(F)cc1. The van der Waals surface area contributed by atoms with Crippen molar-refractivity contribution in [1.82, 2.24) is 14.8 Å². The average molecular weight is 640 g/mol. The fraction of sp³-hybridized carbons (Fsp3) is 0.360. The van der Waals surface area contributed by atoms with E-state index in [1.165, 1.54) is 25.7 Å². The van der Waals surface area contributed by atoms with Gasteiger partial charge in [0.15, 0.2) is 5.75 Å². The monoisotopic (exact) mass is 640 g/mol. The number of anilines is 1. The van der Waals surface area contributed by atoms with E-state index in [1.807, 2.05) is 0 Å². The molecule has 2 aliphatic heterocycles. The van der Waals surface area contributed by atoms with Crippen molar-refractivity contribution >= 4 is 55.4 Å². The minimum Gasteiger partial charge on any atom is -0.505 e. The van der Waals surface area contributed by atoms with Crippen LogP contribution in [0.1, 0.15) is 27.9 Å². The molecule has 3 heterocycles. The van der Waals surface area contributed by atoms with Crippen LogP contribution in [0.4, 0.5) is 10.1 Å². The molecule has 5 rings (SSSR count). The summed E-state index contributed by atoms with van der Waals surface area (Å²) < 4.78 is 46.8. The van der Waals surface area contributed by atoms with Crippen LogP contribution < -0.4 is 2.52 Å². The molecule has 2 aromatic carbocycles. The number of carbonyl (C=O) groups excluding carboxylic acids is 1. The predicted octanol–water partition coefficient (Wildman–Crippen LogP) is 3.44. The van der Waals surface area contributed by atoms with Crippen LogP contribution in [-0.2, 0) is 27.8 Å². The van der Waals surface area contributed by atoms with Crippen LogP contribution in [0, 0.1) is 5.82 Å². The lowest BCUT2D eigenvalue weighted by atomic mass is 10.0. The number of phenols is 1. The first-order chi connectivity index (χ1) is 17.8. The van der Waals surface area contributed by atoms with Crippen LogP contribution in [-0.4, -0.2) is 72.8 Å². The maximum atomic E-state index is 13.4. The third-order valence-corrected chi connectivity index (χ3v) is 10.4. The molecule has 1 aromatic heterocycles. The summed E-state index contributed by atoms with van der Waals surface area (Å²) in [5, 5.41) is 11.5. The quantitative estimate of drug-likeness (QED) is 0.298. The largest absolute Gasteiger partial charge is 0.505 e. The first-order valence-corrected chi connectivity index (χ1v) is 14.5. The molecule has 9 nitrogen and oxygen atoms in total. The van der Waals surface area contributed by atoms with Gasteiger partial charge in [0.2, 0.25) is 10.0 Å². The zero-order valence-electron chi connectivity index (χ0n) is 19.9. The number of fused-ring (bicyclic) bond motifs is 2. The fourth-order valence-electron chi connectivity index (χ4n) is 4.79. The van der Waals surface area contributed by atoms with Gasteiger partial charge in [-0.1, -0.05) is 12.1 Å². The van der Waals surface area contributed by atoms with E-state index >= 15 is 0 Å². The second-order valence-corrected chi connectivity index (χ2v) is 12.6. The molecule has 1 saturated heterocycles. The lowest BCUT2D eigenvalue weighted by Gasteiger charge is -2.27. The average Bonchev–Trinajstić information content (AvgIpc) is 3.21. The van der Waals surface area contributed by atoms with Crippen molar-refractivity contribution in [2.24, 2.45) is 0 Å². The zero-order chi connectivity index (χ0) is 26.2. The number of rotatable bonds is 8. The Morgan fingerprint density at radius 2 is 1.89 bits per heavy atom. The number of amides is 1. The maximum Gasteiger partial charge on any atom is 0.258 e. The van der Waals surface area contributed by atoms with Crippen molar-refractivity contribution in [2.45, 2.75) is 19.5 Å². The molecule has 12 heteroatoms. The van der Waals surface area contributed by atoms with E-state index < -0.39 is 15.9 Å². The van der Waals surface area contributed by atoms with Gasteiger partial charge in [0, 0.05) is 43.3 Å². The van der Waals surface area contributed by atoms with Gasteiger partial charge in [-0.25, -0.2) is 15.3 Å². The Hall–Kier alpha value is -2.55. The van der Waals surface area contributed by atoms with Gasteiger partial charge in [-0.15, -0.1) is 0 Å². The molecule has 0 aliphatic carbocycles. The fourth-order valence-corrected chi connectivity index (χ4v) is 7.07. The molecular weight excluding hydrogens is 614 g/mol. The molecule has 0 radical (unpaired) electrons. The van der Waals surface area contributed by atoms with E-state index in [-0.39, 0.29) is 41.5 Å². The van der Waals surface area contributed by atoms with E-state index in [2.05, 4.69) is 9.88 Å². The standard InChI is InChI=1S/C25H26FIN4O5S/c26-18-6-4-17(5-7-18)15-30-16-20-21(25(30)33)24(32)22-19(3-1-8-28-22)23(20)31(27)37(34,35)14-2-9-29-10-12-36-13-11-29/h1,3-8,32H,2,9-16H2. The number of morpholine rings is 1. The molecule has 2 aliphatic rings. The Labute approximate surface area is 228 Å². The van der Waals surface area contributed by atoms with Crippen LogP contribution >= 0.6 is 22.9 Å². The van der Waals surface area contributed by atoms with Gasteiger partial charge in [-0.05, 0) is 42.8 Å². The Bertz CT molecular complexity index is 1430. The molecular formula is C25H26FIN4O5S. The van der Waals surface area contributed by atoms with Crippen molar-refractivity contribution < 1.29 is 27.4 Å². The summed E-state index contributed by atoms with van der Waals surface area (Å²) in [5.74, 6) is -1.15. The van der Waals surface area contributed by atoms with Crippen molar-refractivity contribution in [2.75, 3.05) is 41.1 Å². The molecule has 196 valence electrons. The van der Waals surface area contributed by atoms with E-state index in [4.69, 9.17) is 4.74 Å². The van der Waals surface area contributed by atoms with Crippen molar-refractivity contribution in [3.05, 3.63) is 65.1 Å². The summed E-state index contributed by atoms with van der Waals surface area (Å²) in [6.45, 7) is 3.78. The summed E-state index contributed by atoms with van der Waals surface area (Å²) in [6.07, 6.45) is 1.94. The van der Waals surface area contributed by atoms with Gasteiger partial charge in [0.05, 0.1) is 53.1 Å². The van der Waals surface area contributed by atoms with Gasteiger partial charge in [-0.2, -0.15) is 0 Å². The van der Waals surface area contributed by atoms with Gasteiger partial charge in [-0.3, -0.25) is 14.7 Å². The van der Waals surface area contributed by atoms with Gasteiger partial charge >= 0.3 is 0 Å². The minimum absolute atomic E-state index is 0.0495. The molecule has 1 N–H and O–H groups in total. The van der Waals surface area contributed by atoms with E-state index in [1.54, 1.807) is 47.1 Å². The molecule has 3 aromatic rings. The summed E-state index contributed by atoms with van der Waals surface area (Å²) >= 11 is 1.77. The van der Waals surface area contributed by atoms with E-state index in [0.717, 1.165) is 13.1 Å². The number of hydrogen-bond acceptors (Lipinski definition) is 7. The highest BCUT2D eigenvalue weighted by molar-refractivity contribution is 14.1. The van der Waals surface area contributed by atoms with Crippen molar-refractivity contribution in [3.63, 3.8) is 0 Å². The number of benzene rings is 2. The van der Waals surface area contributed by atoms with Crippen molar-refractivity contribution in [1.29, 1.82) is 0 Å². The second-order valence-electron chi connectivity index (χ2n) is 9.08. The van der Waals surface area contributed by atoms with Crippen LogP contribution in [0.25, 0.3) is 10.9 Å². The number of pyridine rings is 1. The number of carbonyl (C=O) groups is 1. The minimum atomic E-state index is -3.76. The molecule has 1 amide bonds. The summed E-state index contributed by atoms with van der Waals surface area (Å²) in [5.41, 5.74) is 1.69. The zero-order valence-corrected chi connectivity index (χ0v) is 22.9. The number of aromatic hydroxyl groups is 1. The topological polar surface area (TPSA) is 103 Å². The first kappa shape index (κ1) is 26.1. The van der Waals surface area contributed by atoms with Gasteiger partial charge in [0.25, 0.3) is 5.91 Å². The molecule has 0 saturated carbocycles. The molecule has 0 spiro atoms. The van der Waals surface area contributed by atoms with Crippen LogP contribution in [0.15, 0.2) is 42.6 Å². The third-order valence-electron chi connectivity index (χ3n) is 6.65. The normalized spacial score (nSPS) is 16.4. The predicted molar refractivity (Wildman–Crippen MR) is 146 cm³/mol. The second kappa shape index (κ2) is 10.7. The van der Waals surface area contributed by atoms with Crippen LogP contribution in [0.3, 0.4) is 0 Å². The Morgan fingerprint density at radius 3 is 2.62 bits per heavy atom. The smallest absolute Gasteiger partial charge is 0.258 e. The number of phenolic OH excluding ortho intramolecular Hbond substituents is 1. The number of halogens is 2. The maximum absolute atomic E-state index is 13.4. The Morgan fingerprint density at radius 1 is 1.16 bits per heavy atom. The number of nitrogens with zero attached hydrogens (tertiary/aromatic N) is 4. The third kappa shape index (κ3) is 5.24.